The molecule has 0 spiro atoms. The lowest BCUT2D eigenvalue weighted by atomic mass is 9.96. The number of nitrogens with one attached hydrogen (secondary N) is 3. The zero-order chi connectivity index (χ0) is 31.0. The van der Waals surface area contributed by atoms with Gasteiger partial charge >= 0.3 is 5.97 Å². The van der Waals surface area contributed by atoms with Crippen LogP contribution in [0.2, 0.25) is 0 Å². The molecule has 1 amide bonds. The van der Waals surface area contributed by atoms with Crippen LogP contribution in [-0.2, 0) is 21.2 Å². The molecule has 230 valence electrons. The van der Waals surface area contributed by atoms with Gasteiger partial charge in [-0.2, -0.15) is 0 Å². The zero-order valence-corrected chi connectivity index (χ0v) is 24.8. The van der Waals surface area contributed by atoms with Gasteiger partial charge in [0.2, 0.25) is 10.0 Å². The van der Waals surface area contributed by atoms with E-state index in [2.05, 4.69) is 20.3 Å². The van der Waals surface area contributed by atoms with Gasteiger partial charge in [0, 0.05) is 37.3 Å². The van der Waals surface area contributed by atoms with Crippen LogP contribution in [0.3, 0.4) is 0 Å². The maximum absolute atomic E-state index is 12.8. The minimum Gasteiger partial charge on any atom is -0.506 e. The van der Waals surface area contributed by atoms with E-state index in [1.807, 2.05) is 42.5 Å². The first-order chi connectivity index (χ1) is 20.5. The molecule has 1 heterocycles. The monoisotopic (exact) mass is 610 g/mol. The van der Waals surface area contributed by atoms with E-state index in [1.54, 1.807) is 18.2 Å². The van der Waals surface area contributed by atoms with Crippen LogP contribution in [0.4, 0.5) is 11.4 Å². The summed E-state index contributed by atoms with van der Waals surface area (Å²) >= 11 is 0. The fourth-order valence-corrected chi connectivity index (χ4v) is 5.66. The van der Waals surface area contributed by atoms with Gasteiger partial charge in [0.15, 0.2) is 0 Å². The number of benzene rings is 3. The fourth-order valence-electron chi connectivity index (χ4n) is 5.09. The first-order valence-corrected chi connectivity index (χ1v) is 16.0. The van der Waals surface area contributed by atoms with Crippen molar-refractivity contribution in [2.24, 2.45) is 5.92 Å². The first kappa shape index (κ1) is 31.8. The third-order valence-electron chi connectivity index (χ3n) is 7.47. The largest absolute Gasteiger partial charge is 0.506 e. The number of amides is 1. The number of anilines is 2. The molecule has 1 fully saturated rings. The van der Waals surface area contributed by atoms with Crippen LogP contribution in [0.25, 0.3) is 0 Å². The molecule has 12 heteroatoms. The quantitative estimate of drug-likeness (QED) is 0.159. The number of carbonyl (C=O) groups excluding carboxylic acids is 1. The van der Waals surface area contributed by atoms with Crippen LogP contribution in [0.15, 0.2) is 72.8 Å². The number of nitrogens with zero attached hydrogens (tertiary/aromatic N) is 1. The molecule has 0 aromatic heterocycles. The average molecular weight is 611 g/mol. The number of rotatable bonds is 13. The number of carboxylic acids is 1. The number of piperidine rings is 1. The van der Waals surface area contributed by atoms with E-state index >= 15 is 0 Å². The number of aromatic hydroxyl groups is 1. The highest BCUT2D eigenvalue weighted by Gasteiger charge is 2.23. The van der Waals surface area contributed by atoms with E-state index in [4.69, 9.17) is 0 Å². The number of carboxylic acid groups (broad SMARTS) is 1. The van der Waals surface area contributed by atoms with Crippen LogP contribution < -0.4 is 20.3 Å². The summed E-state index contributed by atoms with van der Waals surface area (Å²) in [4.78, 5) is 26.7. The molecule has 0 aliphatic carbocycles. The molecule has 0 saturated carbocycles. The highest BCUT2D eigenvalue weighted by molar-refractivity contribution is 7.92. The standard InChI is InChI=1S/C31H38N4O7S/c1-43(41,42)34-26-18-24(9-12-28(26)36)29(37)20-32-19-22-13-15-35(16-14-22)25-10-7-23(8-11-25)30(38)33-27(31(39)40)17-21-5-3-2-4-6-21/h2-12,18,22,27,29,32,34,36-37H,13-17,19-20H2,1H3,(H,33,38)(H,39,40)/t27-,29?/m1/s1. The summed E-state index contributed by atoms with van der Waals surface area (Å²) in [5.74, 6) is -1.33. The number of phenolic OH excluding ortho intramolecular Hbond substituents is 1. The Morgan fingerprint density at radius 1 is 1.00 bits per heavy atom. The van der Waals surface area contributed by atoms with Gasteiger partial charge in [-0.15, -0.1) is 0 Å². The zero-order valence-electron chi connectivity index (χ0n) is 23.9. The number of sulfonamides is 1. The van der Waals surface area contributed by atoms with Crippen LogP contribution in [-0.4, -0.2) is 74.1 Å². The second-order valence-corrected chi connectivity index (χ2v) is 12.6. The number of aliphatic hydroxyl groups excluding tert-OH is 1. The molecule has 3 aromatic carbocycles. The van der Waals surface area contributed by atoms with Gasteiger partial charge in [0.25, 0.3) is 5.91 Å². The van der Waals surface area contributed by atoms with Crippen LogP contribution >= 0.6 is 0 Å². The van der Waals surface area contributed by atoms with E-state index in [1.165, 1.54) is 12.1 Å². The summed E-state index contributed by atoms with van der Waals surface area (Å²) in [6.45, 7) is 2.65. The van der Waals surface area contributed by atoms with Gasteiger partial charge in [-0.05, 0) is 72.8 Å². The van der Waals surface area contributed by atoms with E-state index in [-0.39, 0.29) is 24.4 Å². The summed E-state index contributed by atoms with van der Waals surface area (Å²) in [5, 5.41) is 36.0. The molecule has 1 unspecified atom stereocenters. The Balaban J connectivity index is 1.22. The molecule has 4 rings (SSSR count). The normalized spacial score (nSPS) is 15.4. The highest BCUT2D eigenvalue weighted by atomic mass is 32.2. The third kappa shape index (κ3) is 9.43. The maximum Gasteiger partial charge on any atom is 0.326 e. The van der Waals surface area contributed by atoms with Crippen molar-refractivity contribution in [2.45, 2.75) is 31.4 Å². The van der Waals surface area contributed by atoms with Crippen molar-refractivity contribution in [3.63, 3.8) is 0 Å². The SMILES string of the molecule is CS(=O)(=O)Nc1cc(C(O)CNCC2CCN(c3ccc(C(=O)N[C@H](Cc4ccccc4)C(=O)O)cc3)CC2)ccc1O. The second kappa shape index (κ2) is 14.4. The molecular weight excluding hydrogens is 572 g/mol. The second-order valence-electron chi connectivity index (χ2n) is 10.9. The lowest BCUT2D eigenvalue weighted by molar-refractivity contribution is -0.139. The minimum absolute atomic E-state index is 0.0209. The Morgan fingerprint density at radius 2 is 1.67 bits per heavy atom. The Kier molecular flexibility index (Phi) is 10.6. The minimum atomic E-state index is -3.57. The van der Waals surface area contributed by atoms with Gasteiger partial charge in [0.05, 0.1) is 18.0 Å². The van der Waals surface area contributed by atoms with Crippen LogP contribution in [0.1, 0.15) is 40.4 Å². The van der Waals surface area contributed by atoms with Gasteiger partial charge in [-0.1, -0.05) is 36.4 Å². The Hall–Kier alpha value is -4.13. The number of hydrogen-bond donors (Lipinski definition) is 6. The van der Waals surface area contributed by atoms with E-state index in [0.717, 1.165) is 43.4 Å². The smallest absolute Gasteiger partial charge is 0.326 e. The summed E-state index contributed by atoms with van der Waals surface area (Å²) in [5.41, 5.74) is 2.72. The molecule has 6 N–H and O–H groups in total. The molecule has 1 aliphatic rings. The van der Waals surface area contributed by atoms with Crippen molar-refractivity contribution in [3.05, 3.63) is 89.5 Å². The van der Waals surface area contributed by atoms with Gasteiger partial charge in [0.1, 0.15) is 11.8 Å². The van der Waals surface area contributed by atoms with Crippen LogP contribution in [0, 0.1) is 5.92 Å². The summed E-state index contributed by atoms with van der Waals surface area (Å²) in [7, 11) is -3.57. The first-order valence-electron chi connectivity index (χ1n) is 14.1. The van der Waals surface area contributed by atoms with Crippen molar-refractivity contribution in [1.29, 1.82) is 0 Å². The molecule has 43 heavy (non-hydrogen) atoms. The van der Waals surface area contributed by atoms with Crippen molar-refractivity contribution >= 4 is 33.3 Å². The van der Waals surface area contributed by atoms with E-state index in [0.29, 0.717) is 23.6 Å². The number of hydrogen-bond acceptors (Lipinski definition) is 8. The number of aliphatic carboxylic acids is 1. The molecule has 0 radical (unpaired) electrons. The lowest BCUT2D eigenvalue weighted by Crippen LogP contribution is -2.42. The van der Waals surface area contributed by atoms with Crippen molar-refractivity contribution in [1.82, 2.24) is 10.6 Å². The topological polar surface area (TPSA) is 168 Å². The Bertz CT molecular complexity index is 1490. The van der Waals surface area contributed by atoms with Gasteiger partial charge in [-0.25, -0.2) is 13.2 Å². The summed E-state index contributed by atoms with van der Waals surface area (Å²) in [6, 6.07) is 19.6. The van der Waals surface area contributed by atoms with Crippen LogP contribution in [0.5, 0.6) is 5.75 Å². The molecular formula is C31H38N4O7S. The molecule has 11 nitrogen and oxygen atoms in total. The number of aliphatic hydroxyl groups is 1. The molecule has 1 saturated heterocycles. The van der Waals surface area contributed by atoms with E-state index in [9.17, 15) is 33.3 Å². The molecule has 1 aliphatic heterocycles. The predicted octanol–water partition coefficient (Wildman–Crippen LogP) is 2.73. The Morgan fingerprint density at radius 3 is 2.30 bits per heavy atom. The summed E-state index contributed by atoms with van der Waals surface area (Å²) in [6.07, 6.45) is 2.19. The van der Waals surface area contributed by atoms with E-state index < -0.39 is 34.0 Å². The van der Waals surface area contributed by atoms with Gasteiger partial charge in [-0.3, -0.25) is 9.52 Å². The number of phenols is 1. The van der Waals surface area contributed by atoms with Crippen molar-refractivity contribution < 1.29 is 33.3 Å². The molecule has 3 aromatic rings. The molecule has 2 atom stereocenters. The Labute approximate surface area is 251 Å². The van der Waals surface area contributed by atoms with Crippen molar-refractivity contribution in [3.8, 4) is 5.75 Å². The van der Waals surface area contributed by atoms with Gasteiger partial charge < -0.3 is 30.9 Å². The van der Waals surface area contributed by atoms with Crippen molar-refractivity contribution in [2.75, 3.05) is 42.1 Å². The fraction of sp³-hybridized carbons (Fsp3) is 0.355. The maximum atomic E-state index is 12.8. The number of carbonyl (C=O) groups is 2. The summed E-state index contributed by atoms with van der Waals surface area (Å²) < 4.78 is 25.3. The third-order valence-corrected chi connectivity index (χ3v) is 8.06. The predicted molar refractivity (Wildman–Crippen MR) is 165 cm³/mol. The average Bonchev–Trinajstić information content (AvgIpc) is 2.98. The lowest BCUT2D eigenvalue weighted by Gasteiger charge is -2.34. The molecule has 0 bridgehead atoms. The highest BCUT2D eigenvalue weighted by Crippen LogP contribution is 2.28.